The molecule has 2 aromatic heterocycles. The number of ether oxygens (including phenoxy) is 1. The zero-order valence-corrected chi connectivity index (χ0v) is 12.8. The fraction of sp³-hybridized carbons (Fsp3) is 0.125. The van der Waals surface area contributed by atoms with E-state index in [4.69, 9.17) is 4.74 Å². The Balaban J connectivity index is 2.00. The lowest BCUT2D eigenvalue weighted by Gasteiger charge is -2.05. The van der Waals surface area contributed by atoms with E-state index in [2.05, 4.69) is 21.5 Å². The number of hydrogen-bond acceptors (Lipinski definition) is 6. The van der Waals surface area contributed by atoms with Gasteiger partial charge in [-0.25, -0.2) is 19.7 Å². The van der Waals surface area contributed by atoms with Crippen molar-refractivity contribution in [3.63, 3.8) is 0 Å². The van der Waals surface area contributed by atoms with E-state index in [9.17, 15) is 4.79 Å². The normalized spacial score (nSPS) is 10.6. The second-order valence-electron chi connectivity index (χ2n) is 4.77. The monoisotopic (exact) mass is 311 g/mol. The van der Waals surface area contributed by atoms with E-state index in [0.29, 0.717) is 10.7 Å². The molecule has 3 rings (SSSR count). The second-order valence-corrected chi connectivity index (χ2v) is 5.80. The first-order valence-electron chi connectivity index (χ1n) is 6.63. The number of benzene rings is 1. The van der Waals surface area contributed by atoms with E-state index in [1.54, 1.807) is 6.92 Å². The number of fused-ring (bicyclic) bond motifs is 1. The number of aromatic nitrogens is 3. The highest BCUT2D eigenvalue weighted by Crippen LogP contribution is 2.30. The number of thiazole rings is 1. The van der Waals surface area contributed by atoms with Gasteiger partial charge in [-0.3, -0.25) is 0 Å². The molecule has 0 saturated heterocycles. The summed E-state index contributed by atoms with van der Waals surface area (Å²) in [4.78, 5) is 25.0. The van der Waals surface area contributed by atoms with Crippen LogP contribution < -0.4 is 0 Å². The Morgan fingerprint density at radius 3 is 2.82 bits per heavy atom. The fourth-order valence-corrected chi connectivity index (χ4v) is 2.84. The number of carbonyl (C=O) groups is 1. The molecule has 3 aromatic rings. The van der Waals surface area contributed by atoms with Gasteiger partial charge in [0.2, 0.25) is 0 Å². The quantitative estimate of drug-likeness (QED) is 0.545. The van der Waals surface area contributed by atoms with Crippen LogP contribution in [-0.4, -0.2) is 27.5 Å². The molecule has 0 aliphatic rings. The molecule has 0 spiro atoms. The Morgan fingerprint density at radius 2 is 2.05 bits per heavy atom. The first-order chi connectivity index (χ1) is 10.6. The van der Waals surface area contributed by atoms with Gasteiger partial charge in [0.25, 0.3) is 0 Å². The van der Waals surface area contributed by atoms with Crippen LogP contribution in [0.2, 0.25) is 0 Å². The third-order valence-corrected chi connectivity index (χ3v) is 3.88. The Hall–Kier alpha value is -2.60. The maximum Gasteiger partial charge on any atom is 0.359 e. The van der Waals surface area contributed by atoms with Crippen molar-refractivity contribution in [3.05, 3.63) is 54.5 Å². The third kappa shape index (κ3) is 2.87. The van der Waals surface area contributed by atoms with E-state index in [1.807, 2.05) is 24.3 Å². The van der Waals surface area contributed by atoms with Crippen molar-refractivity contribution in [2.75, 3.05) is 6.61 Å². The number of para-hydroxylation sites is 1. The number of carbonyl (C=O) groups excluding carboxylic acids is 1. The lowest BCUT2D eigenvalue weighted by atomic mass is 10.3. The van der Waals surface area contributed by atoms with Crippen LogP contribution in [-0.2, 0) is 4.74 Å². The molecule has 0 N–H and O–H groups in total. The number of rotatable bonds is 4. The van der Waals surface area contributed by atoms with Crippen molar-refractivity contribution in [1.82, 2.24) is 15.0 Å². The summed E-state index contributed by atoms with van der Waals surface area (Å²) in [5.41, 5.74) is 2.24. The minimum atomic E-state index is -0.523. The van der Waals surface area contributed by atoms with E-state index in [0.717, 1.165) is 15.8 Å². The first kappa shape index (κ1) is 14.3. The molecule has 110 valence electrons. The van der Waals surface area contributed by atoms with Crippen LogP contribution in [0.3, 0.4) is 0 Å². The maximum atomic E-state index is 12.2. The van der Waals surface area contributed by atoms with Crippen molar-refractivity contribution in [3.8, 4) is 10.7 Å². The van der Waals surface area contributed by atoms with Crippen molar-refractivity contribution < 1.29 is 9.53 Å². The molecule has 0 atom stereocenters. The van der Waals surface area contributed by atoms with Crippen molar-refractivity contribution >= 4 is 27.5 Å². The first-order valence-corrected chi connectivity index (χ1v) is 7.45. The molecule has 6 heteroatoms. The fourth-order valence-electron chi connectivity index (χ4n) is 1.87. The molecule has 0 amide bonds. The van der Waals surface area contributed by atoms with Gasteiger partial charge in [0.15, 0.2) is 5.69 Å². The van der Waals surface area contributed by atoms with Crippen LogP contribution in [0, 0.1) is 0 Å². The summed E-state index contributed by atoms with van der Waals surface area (Å²) in [6.07, 6.45) is 3.01. The molecule has 5 nitrogen and oxygen atoms in total. The average molecular weight is 311 g/mol. The summed E-state index contributed by atoms with van der Waals surface area (Å²) in [5.74, 6) is -0.523. The summed E-state index contributed by atoms with van der Waals surface area (Å²) < 4.78 is 6.19. The lowest BCUT2D eigenvalue weighted by Crippen LogP contribution is -2.11. The van der Waals surface area contributed by atoms with Gasteiger partial charge < -0.3 is 4.74 Å². The number of esters is 1. The highest BCUT2D eigenvalue weighted by molar-refractivity contribution is 7.21. The lowest BCUT2D eigenvalue weighted by molar-refractivity contribution is 0.0534. The zero-order valence-electron chi connectivity index (χ0n) is 11.9. The van der Waals surface area contributed by atoms with Crippen LogP contribution in [0.15, 0.2) is 48.8 Å². The largest absolute Gasteiger partial charge is 0.456 e. The molecule has 22 heavy (non-hydrogen) atoms. The molecule has 0 fully saturated rings. The summed E-state index contributed by atoms with van der Waals surface area (Å²) in [7, 11) is 0. The van der Waals surface area contributed by atoms with Gasteiger partial charge in [-0.1, -0.05) is 18.7 Å². The van der Waals surface area contributed by atoms with Gasteiger partial charge in [-0.2, -0.15) is 0 Å². The molecular weight excluding hydrogens is 298 g/mol. The van der Waals surface area contributed by atoms with Crippen LogP contribution in [0.1, 0.15) is 17.4 Å². The highest BCUT2D eigenvalue weighted by Gasteiger charge is 2.19. The van der Waals surface area contributed by atoms with E-state index < -0.39 is 5.97 Å². The van der Waals surface area contributed by atoms with Gasteiger partial charge in [0, 0.05) is 12.4 Å². The van der Waals surface area contributed by atoms with E-state index >= 15 is 0 Å². The highest BCUT2D eigenvalue weighted by atomic mass is 32.1. The molecule has 0 bridgehead atoms. The standard InChI is InChI=1S/C16H13N3O2S/c1-10(2)9-21-16(20)14-13(17-7-8-18-14)15-19-11-5-3-4-6-12(11)22-15/h3-8H,1,9H2,2H3. The van der Waals surface area contributed by atoms with Crippen molar-refractivity contribution in [1.29, 1.82) is 0 Å². The average Bonchev–Trinajstić information content (AvgIpc) is 2.96. The summed E-state index contributed by atoms with van der Waals surface area (Å²) in [6, 6.07) is 7.77. The molecule has 0 radical (unpaired) electrons. The topological polar surface area (TPSA) is 65.0 Å². The van der Waals surface area contributed by atoms with Gasteiger partial charge >= 0.3 is 5.97 Å². The molecule has 1 aromatic carbocycles. The van der Waals surface area contributed by atoms with E-state index in [1.165, 1.54) is 23.7 Å². The summed E-state index contributed by atoms with van der Waals surface area (Å²) >= 11 is 1.47. The minimum Gasteiger partial charge on any atom is -0.456 e. The van der Waals surface area contributed by atoms with Crippen molar-refractivity contribution in [2.45, 2.75) is 6.92 Å². The molecule has 0 aliphatic heterocycles. The SMILES string of the molecule is C=C(C)COC(=O)c1nccnc1-c1nc2ccccc2s1. The summed E-state index contributed by atoms with van der Waals surface area (Å²) in [5, 5.41) is 0.650. The second kappa shape index (κ2) is 6.03. The summed E-state index contributed by atoms with van der Waals surface area (Å²) in [6.45, 7) is 5.66. The maximum absolute atomic E-state index is 12.2. The molecule has 0 unspecified atom stereocenters. The zero-order chi connectivity index (χ0) is 15.5. The minimum absolute atomic E-state index is 0.161. The predicted octanol–water partition coefficient (Wildman–Crippen LogP) is 3.49. The van der Waals surface area contributed by atoms with Crippen LogP contribution in [0.4, 0.5) is 0 Å². The smallest absolute Gasteiger partial charge is 0.359 e. The van der Waals surface area contributed by atoms with E-state index in [-0.39, 0.29) is 12.3 Å². The molecular formula is C16H13N3O2S. The van der Waals surface area contributed by atoms with Crippen LogP contribution in [0.25, 0.3) is 20.9 Å². The number of hydrogen-bond donors (Lipinski definition) is 0. The molecule has 0 aliphatic carbocycles. The Morgan fingerprint density at radius 1 is 1.27 bits per heavy atom. The van der Waals surface area contributed by atoms with Gasteiger partial charge in [0.05, 0.1) is 10.2 Å². The van der Waals surface area contributed by atoms with Crippen LogP contribution >= 0.6 is 11.3 Å². The Labute approximate surface area is 131 Å². The molecule has 0 saturated carbocycles. The Bertz CT molecular complexity index is 824. The van der Waals surface area contributed by atoms with Crippen molar-refractivity contribution in [2.24, 2.45) is 0 Å². The third-order valence-electron chi connectivity index (χ3n) is 2.84. The van der Waals surface area contributed by atoms with Gasteiger partial charge in [0.1, 0.15) is 17.3 Å². The van der Waals surface area contributed by atoms with Crippen LogP contribution in [0.5, 0.6) is 0 Å². The van der Waals surface area contributed by atoms with Gasteiger partial charge in [-0.15, -0.1) is 11.3 Å². The molecule has 2 heterocycles. The van der Waals surface area contributed by atoms with Gasteiger partial charge in [-0.05, 0) is 24.6 Å². The predicted molar refractivity (Wildman–Crippen MR) is 85.7 cm³/mol. The number of nitrogens with zero attached hydrogens (tertiary/aromatic N) is 3. The Kier molecular flexibility index (Phi) is 3.93.